The Morgan fingerprint density at radius 3 is 3.00 bits per heavy atom. The second-order valence-electron chi connectivity index (χ2n) is 5.97. The Hall–Kier alpha value is -1.54. The maximum atomic E-state index is 12.2. The highest BCUT2D eigenvalue weighted by Gasteiger charge is 2.16. The third-order valence-electron chi connectivity index (χ3n) is 4.06. The van der Waals surface area contributed by atoms with Gasteiger partial charge >= 0.3 is 0 Å². The van der Waals surface area contributed by atoms with Crippen LogP contribution in [0.3, 0.4) is 0 Å². The van der Waals surface area contributed by atoms with Gasteiger partial charge in [-0.3, -0.25) is 4.79 Å². The summed E-state index contributed by atoms with van der Waals surface area (Å²) in [7, 11) is 1.78. The highest BCUT2D eigenvalue weighted by Crippen LogP contribution is 2.28. The SMILES string of the molecule is CN(Cc1ccco1)C(=O)CSc1nnc(NC2CCCCC2)s1. The summed E-state index contributed by atoms with van der Waals surface area (Å²) in [6, 6.07) is 4.21. The number of thioether (sulfide) groups is 1. The van der Waals surface area contributed by atoms with Crippen molar-refractivity contribution in [3.05, 3.63) is 24.2 Å². The van der Waals surface area contributed by atoms with Crippen LogP contribution >= 0.6 is 23.1 Å². The fraction of sp³-hybridized carbons (Fsp3) is 0.562. The molecular formula is C16H22N4O2S2. The number of furan rings is 1. The zero-order chi connectivity index (χ0) is 16.8. The van der Waals surface area contributed by atoms with E-state index >= 15 is 0 Å². The number of nitrogens with zero attached hydrogens (tertiary/aromatic N) is 3. The van der Waals surface area contributed by atoms with Crippen LogP contribution in [-0.4, -0.2) is 39.8 Å². The second-order valence-corrected chi connectivity index (χ2v) is 8.17. The fourth-order valence-corrected chi connectivity index (χ4v) is 4.48. The Bertz CT molecular complexity index is 638. The third kappa shape index (κ3) is 4.98. The van der Waals surface area contributed by atoms with Gasteiger partial charge in [0.05, 0.1) is 18.6 Å². The lowest BCUT2D eigenvalue weighted by atomic mass is 9.96. The van der Waals surface area contributed by atoms with Gasteiger partial charge in [0.2, 0.25) is 11.0 Å². The molecule has 0 aromatic carbocycles. The molecule has 1 aliphatic carbocycles. The quantitative estimate of drug-likeness (QED) is 0.755. The maximum Gasteiger partial charge on any atom is 0.233 e. The molecule has 24 heavy (non-hydrogen) atoms. The van der Waals surface area contributed by atoms with Gasteiger partial charge in [-0.05, 0) is 25.0 Å². The Balaban J connectivity index is 1.43. The van der Waals surface area contributed by atoms with Gasteiger partial charge in [0.15, 0.2) is 4.34 Å². The van der Waals surface area contributed by atoms with Crippen LogP contribution in [0.4, 0.5) is 5.13 Å². The van der Waals surface area contributed by atoms with Crippen molar-refractivity contribution in [1.29, 1.82) is 0 Å². The molecule has 8 heteroatoms. The van der Waals surface area contributed by atoms with Gasteiger partial charge in [0, 0.05) is 13.1 Å². The van der Waals surface area contributed by atoms with Crippen molar-refractivity contribution in [3.63, 3.8) is 0 Å². The van der Waals surface area contributed by atoms with E-state index in [2.05, 4.69) is 15.5 Å². The van der Waals surface area contributed by atoms with Crippen LogP contribution in [-0.2, 0) is 11.3 Å². The Labute approximate surface area is 150 Å². The lowest BCUT2D eigenvalue weighted by Gasteiger charge is -2.21. The van der Waals surface area contributed by atoms with Gasteiger partial charge in [-0.25, -0.2) is 0 Å². The summed E-state index contributed by atoms with van der Waals surface area (Å²) in [5.41, 5.74) is 0. The van der Waals surface area contributed by atoms with Crippen LogP contribution in [0.2, 0.25) is 0 Å². The molecule has 130 valence electrons. The average molecular weight is 367 g/mol. The van der Waals surface area contributed by atoms with E-state index in [4.69, 9.17) is 4.42 Å². The Morgan fingerprint density at radius 1 is 1.42 bits per heavy atom. The number of carbonyl (C=O) groups excluding carboxylic acids is 1. The molecule has 0 radical (unpaired) electrons. The summed E-state index contributed by atoms with van der Waals surface area (Å²) in [6.45, 7) is 0.483. The summed E-state index contributed by atoms with van der Waals surface area (Å²) in [5.74, 6) is 1.19. The van der Waals surface area contributed by atoms with Crippen LogP contribution < -0.4 is 5.32 Å². The van der Waals surface area contributed by atoms with Crippen molar-refractivity contribution >= 4 is 34.1 Å². The predicted molar refractivity (Wildman–Crippen MR) is 96.3 cm³/mol. The highest BCUT2D eigenvalue weighted by molar-refractivity contribution is 8.01. The molecule has 0 atom stereocenters. The molecule has 0 unspecified atom stereocenters. The van der Waals surface area contributed by atoms with E-state index < -0.39 is 0 Å². The van der Waals surface area contributed by atoms with Crippen molar-refractivity contribution < 1.29 is 9.21 Å². The van der Waals surface area contributed by atoms with Gasteiger partial charge in [-0.2, -0.15) is 0 Å². The topological polar surface area (TPSA) is 71.3 Å². The molecule has 6 nitrogen and oxygen atoms in total. The van der Waals surface area contributed by atoms with Crippen molar-refractivity contribution in [1.82, 2.24) is 15.1 Å². The number of anilines is 1. The zero-order valence-electron chi connectivity index (χ0n) is 13.7. The third-order valence-corrected chi connectivity index (χ3v) is 6.03. The van der Waals surface area contributed by atoms with Crippen molar-refractivity contribution in [2.45, 2.75) is 49.0 Å². The van der Waals surface area contributed by atoms with Gasteiger partial charge < -0.3 is 14.6 Å². The number of nitrogens with one attached hydrogen (secondary N) is 1. The maximum absolute atomic E-state index is 12.2. The molecule has 0 bridgehead atoms. The molecule has 0 aliphatic heterocycles. The molecule has 1 aliphatic rings. The smallest absolute Gasteiger partial charge is 0.233 e. The molecule has 3 rings (SSSR count). The van der Waals surface area contributed by atoms with Crippen molar-refractivity contribution in [2.75, 3.05) is 18.1 Å². The number of hydrogen-bond acceptors (Lipinski definition) is 7. The van der Waals surface area contributed by atoms with Gasteiger partial charge in [-0.1, -0.05) is 42.4 Å². The molecule has 1 N–H and O–H groups in total. The van der Waals surface area contributed by atoms with E-state index in [0.717, 1.165) is 15.2 Å². The van der Waals surface area contributed by atoms with Gasteiger partial charge in [0.25, 0.3) is 0 Å². The normalized spacial score (nSPS) is 15.4. The number of rotatable bonds is 7. The summed E-state index contributed by atoms with van der Waals surface area (Å²) in [6.07, 6.45) is 7.94. The number of carbonyl (C=O) groups is 1. The van der Waals surface area contributed by atoms with Crippen LogP contribution in [0, 0.1) is 0 Å². The van der Waals surface area contributed by atoms with E-state index in [9.17, 15) is 4.79 Å². The Morgan fingerprint density at radius 2 is 2.25 bits per heavy atom. The molecular weight excluding hydrogens is 344 g/mol. The number of aromatic nitrogens is 2. The summed E-state index contributed by atoms with van der Waals surface area (Å²) in [5, 5.41) is 12.7. The van der Waals surface area contributed by atoms with E-state index in [1.165, 1.54) is 55.2 Å². The first-order valence-corrected chi connectivity index (χ1v) is 10.00. The lowest BCUT2D eigenvalue weighted by Crippen LogP contribution is -2.27. The zero-order valence-corrected chi connectivity index (χ0v) is 15.4. The number of amides is 1. The largest absolute Gasteiger partial charge is 0.467 e. The fourth-order valence-electron chi connectivity index (χ4n) is 2.71. The minimum atomic E-state index is 0.0494. The first-order chi connectivity index (χ1) is 11.7. The van der Waals surface area contributed by atoms with Gasteiger partial charge in [-0.15, -0.1) is 10.2 Å². The lowest BCUT2D eigenvalue weighted by molar-refractivity contribution is -0.127. The monoisotopic (exact) mass is 366 g/mol. The first-order valence-electron chi connectivity index (χ1n) is 8.20. The second kappa shape index (κ2) is 8.53. The number of hydrogen-bond donors (Lipinski definition) is 1. The summed E-state index contributed by atoms with van der Waals surface area (Å²) < 4.78 is 6.09. The highest BCUT2D eigenvalue weighted by atomic mass is 32.2. The first kappa shape index (κ1) is 17.3. The van der Waals surface area contributed by atoms with Crippen molar-refractivity contribution in [2.24, 2.45) is 0 Å². The molecule has 2 heterocycles. The molecule has 1 fully saturated rings. The van der Waals surface area contributed by atoms with Crippen LogP contribution in [0.15, 0.2) is 27.2 Å². The minimum Gasteiger partial charge on any atom is -0.467 e. The standard InChI is InChI=1S/C16H22N4O2S2/c1-20(10-13-8-5-9-22-13)14(21)11-23-16-19-18-15(24-16)17-12-6-3-2-4-7-12/h5,8-9,12H,2-4,6-7,10-11H2,1H3,(H,17,18). The predicted octanol–water partition coefficient (Wildman–Crippen LogP) is 3.63. The van der Waals surface area contributed by atoms with E-state index in [-0.39, 0.29) is 5.91 Å². The summed E-state index contributed by atoms with van der Waals surface area (Å²) >= 11 is 2.96. The van der Waals surface area contributed by atoms with Gasteiger partial charge in [0.1, 0.15) is 5.76 Å². The Kier molecular flexibility index (Phi) is 6.14. The van der Waals surface area contributed by atoms with E-state index in [1.807, 2.05) is 12.1 Å². The van der Waals surface area contributed by atoms with E-state index in [1.54, 1.807) is 18.2 Å². The molecule has 1 amide bonds. The van der Waals surface area contributed by atoms with Crippen molar-refractivity contribution in [3.8, 4) is 0 Å². The molecule has 1 saturated carbocycles. The minimum absolute atomic E-state index is 0.0494. The molecule has 2 aromatic heterocycles. The summed E-state index contributed by atoms with van der Waals surface area (Å²) in [4.78, 5) is 13.8. The van der Waals surface area contributed by atoms with E-state index in [0.29, 0.717) is 18.3 Å². The molecule has 0 saturated heterocycles. The van der Waals surface area contributed by atoms with Crippen LogP contribution in [0.25, 0.3) is 0 Å². The molecule has 0 spiro atoms. The van der Waals surface area contributed by atoms with Crippen LogP contribution in [0.5, 0.6) is 0 Å². The van der Waals surface area contributed by atoms with Crippen LogP contribution in [0.1, 0.15) is 37.9 Å². The molecule has 2 aromatic rings. The average Bonchev–Trinajstić information content (AvgIpc) is 3.25.